The second-order valence-corrected chi connectivity index (χ2v) is 17.6. The van der Waals surface area contributed by atoms with E-state index in [0.717, 1.165) is 66.3 Å². The van der Waals surface area contributed by atoms with E-state index in [2.05, 4.69) is 221 Å². The van der Waals surface area contributed by atoms with Crippen LogP contribution in [0, 0.1) is 0 Å². The molecule has 11 aromatic carbocycles. The van der Waals surface area contributed by atoms with Crippen molar-refractivity contribution < 1.29 is 0 Å². The van der Waals surface area contributed by atoms with E-state index in [4.69, 9.17) is 15.0 Å². The number of nitrogens with zero attached hydrogens (tertiary/aromatic N) is 5. The molecule has 14 rings (SSSR count). The first-order valence-electron chi connectivity index (χ1n) is 23.1. The summed E-state index contributed by atoms with van der Waals surface area (Å²) in [7, 11) is 0. The lowest BCUT2D eigenvalue weighted by molar-refractivity contribution is 0.953. The average Bonchev–Trinajstić information content (AvgIpc) is 3.94. The van der Waals surface area contributed by atoms with Crippen LogP contribution in [0.1, 0.15) is 0 Å². The molecular formula is C63H39N5. The van der Waals surface area contributed by atoms with E-state index in [-0.39, 0.29) is 0 Å². The van der Waals surface area contributed by atoms with Crippen LogP contribution < -0.4 is 0 Å². The third-order valence-electron chi connectivity index (χ3n) is 13.7. The number of rotatable bonds is 6. The van der Waals surface area contributed by atoms with Crippen molar-refractivity contribution in [3.63, 3.8) is 0 Å². The van der Waals surface area contributed by atoms with Crippen LogP contribution in [-0.4, -0.2) is 24.1 Å². The molecule has 0 N–H and O–H groups in total. The Morgan fingerprint density at radius 2 is 0.735 bits per heavy atom. The number of benzene rings is 11. The summed E-state index contributed by atoms with van der Waals surface area (Å²) in [6, 6.07) is 84.6. The molecule has 0 amide bonds. The molecule has 0 aliphatic rings. The lowest BCUT2D eigenvalue weighted by Crippen LogP contribution is -2.06. The lowest BCUT2D eigenvalue weighted by Gasteiger charge is -2.14. The van der Waals surface area contributed by atoms with E-state index < -0.39 is 0 Å². The molecule has 5 nitrogen and oxygen atoms in total. The topological polar surface area (TPSA) is 48.5 Å². The summed E-state index contributed by atoms with van der Waals surface area (Å²) in [5.41, 5.74) is 11.8. The molecule has 0 unspecified atom stereocenters. The monoisotopic (exact) mass is 865 g/mol. The predicted molar refractivity (Wildman–Crippen MR) is 283 cm³/mol. The van der Waals surface area contributed by atoms with Gasteiger partial charge in [0.15, 0.2) is 11.6 Å². The highest BCUT2D eigenvalue weighted by atomic mass is 15.2. The van der Waals surface area contributed by atoms with Gasteiger partial charge in [-0.2, -0.15) is 9.97 Å². The number of fused-ring (bicyclic) bond motifs is 13. The summed E-state index contributed by atoms with van der Waals surface area (Å²) in [5, 5.41) is 12.3. The molecule has 0 saturated heterocycles. The summed E-state index contributed by atoms with van der Waals surface area (Å²) >= 11 is 0. The number of para-hydroxylation sites is 2. The van der Waals surface area contributed by atoms with Gasteiger partial charge in [0.2, 0.25) is 5.95 Å². The first kappa shape index (κ1) is 38.1. The van der Waals surface area contributed by atoms with Gasteiger partial charge < -0.3 is 4.57 Å². The van der Waals surface area contributed by atoms with Gasteiger partial charge in [-0.3, -0.25) is 4.57 Å². The molecular weight excluding hydrogens is 827 g/mol. The zero-order valence-electron chi connectivity index (χ0n) is 36.8. The van der Waals surface area contributed by atoms with E-state index in [9.17, 15) is 0 Å². The number of hydrogen-bond acceptors (Lipinski definition) is 3. The van der Waals surface area contributed by atoms with Gasteiger partial charge >= 0.3 is 0 Å². The molecule has 0 aliphatic carbocycles. The standard InChI is InChI=1S/C63H39N5/c1-3-17-40(18-4-1)42-21-15-23-45(37-42)62-64-61(41-19-5-2-6-20-41)65-63(66-62)68-57-32-14-12-30-54(57)59-58(68)36-35-53-52-29-11-13-31-56(52)67(60(53)59)46-24-16-22-43(38-46)44-33-34-51-49-27-8-7-25-47(49)48-26-9-10-28-50(48)55(51)39-44/h1-39H. The molecule has 68 heavy (non-hydrogen) atoms. The molecule has 0 aliphatic heterocycles. The van der Waals surface area contributed by atoms with Crippen molar-refractivity contribution in [2.45, 2.75) is 0 Å². The Kier molecular flexibility index (Phi) is 8.52. The summed E-state index contributed by atoms with van der Waals surface area (Å²) in [6.07, 6.45) is 0. The Bertz CT molecular complexity index is 4280. The number of aromatic nitrogens is 5. The van der Waals surface area contributed by atoms with Crippen molar-refractivity contribution in [1.82, 2.24) is 24.1 Å². The highest BCUT2D eigenvalue weighted by Gasteiger charge is 2.23. The molecule has 0 spiro atoms. The molecule has 0 bridgehead atoms. The molecule has 0 fully saturated rings. The molecule has 14 aromatic rings. The first-order valence-corrected chi connectivity index (χ1v) is 23.1. The summed E-state index contributed by atoms with van der Waals surface area (Å²) in [6.45, 7) is 0. The van der Waals surface area contributed by atoms with Gasteiger partial charge in [-0.25, -0.2) is 4.98 Å². The van der Waals surface area contributed by atoms with Crippen LogP contribution in [-0.2, 0) is 0 Å². The zero-order valence-corrected chi connectivity index (χ0v) is 36.8. The Labute approximate surface area is 391 Å². The van der Waals surface area contributed by atoms with Crippen LogP contribution >= 0.6 is 0 Å². The molecule has 3 heterocycles. The molecule has 0 atom stereocenters. The Hall–Kier alpha value is -9.19. The number of hydrogen-bond donors (Lipinski definition) is 0. The minimum atomic E-state index is 0.561. The van der Waals surface area contributed by atoms with Crippen molar-refractivity contribution in [2.24, 2.45) is 0 Å². The van der Waals surface area contributed by atoms with E-state index in [1.807, 2.05) is 24.3 Å². The highest BCUT2D eigenvalue weighted by Crippen LogP contribution is 2.43. The third kappa shape index (κ3) is 5.93. The molecule has 3 aromatic heterocycles. The maximum Gasteiger partial charge on any atom is 0.238 e. The predicted octanol–water partition coefficient (Wildman–Crippen LogP) is 16.2. The summed E-state index contributed by atoms with van der Waals surface area (Å²) in [4.78, 5) is 15.8. The van der Waals surface area contributed by atoms with Crippen LogP contribution in [0.3, 0.4) is 0 Å². The SMILES string of the molecule is c1ccc(-c2cccc(-c3nc(-c4ccccc4)nc(-n4c5ccccc5c5c4ccc4c6ccccc6n(-c6cccc(-c7ccc8c9ccccc9c9ccccc9c8c7)c6)c45)n3)c2)cc1. The van der Waals surface area contributed by atoms with Gasteiger partial charge in [0.1, 0.15) is 0 Å². The van der Waals surface area contributed by atoms with Gasteiger partial charge in [-0.05, 0) is 97.0 Å². The maximum atomic E-state index is 5.35. The van der Waals surface area contributed by atoms with Crippen LogP contribution in [0.25, 0.3) is 133 Å². The van der Waals surface area contributed by atoms with Gasteiger partial charge in [0.25, 0.3) is 0 Å². The van der Waals surface area contributed by atoms with Crippen molar-refractivity contribution >= 4 is 75.9 Å². The van der Waals surface area contributed by atoms with E-state index in [1.165, 1.54) is 48.7 Å². The highest BCUT2D eigenvalue weighted by molar-refractivity contribution is 6.27. The molecule has 5 heteroatoms. The molecule has 0 saturated carbocycles. The van der Waals surface area contributed by atoms with Crippen molar-refractivity contribution in [3.05, 3.63) is 237 Å². The fraction of sp³-hybridized carbons (Fsp3) is 0. The van der Waals surface area contributed by atoms with E-state index >= 15 is 0 Å². The zero-order chi connectivity index (χ0) is 44.7. The smallest absolute Gasteiger partial charge is 0.238 e. The summed E-state index contributed by atoms with van der Waals surface area (Å²) < 4.78 is 4.69. The van der Waals surface area contributed by atoms with Gasteiger partial charge in [0, 0.05) is 38.4 Å². The lowest BCUT2D eigenvalue weighted by atomic mass is 9.92. The second kappa shape index (κ2) is 15.2. The van der Waals surface area contributed by atoms with Crippen LogP contribution in [0.2, 0.25) is 0 Å². The van der Waals surface area contributed by atoms with Crippen LogP contribution in [0.5, 0.6) is 0 Å². The van der Waals surface area contributed by atoms with Crippen molar-refractivity contribution in [2.75, 3.05) is 0 Å². The quantitative estimate of drug-likeness (QED) is 0.156. The Balaban J connectivity index is 1.00. The van der Waals surface area contributed by atoms with Crippen LogP contribution in [0.4, 0.5) is 0 Å². The molecule has 0 radical (unpaired) electrons. The fourth-order valence-electron chi connectivity index (χ4n) is 10.7. The Morgan fingerprint density at radius 3 is 1.44 bits per heavy atom. The minimum Gasteiger partial charge on any atom is -0.309 e. The van der Waals surface area contributed by atoms with Gasteiger partial charge in [-0.15, -0.1) is 0 Å². The minimum absolute atomic E-state index is 0.561. The third-order valence-corrected chi connectivity index (χ3v) is 13.7. The van der Waals surface area contributed by atoms with E-state index in [0.29, 0.717) is 17.6 Å². The maximum absolute atomic E-state index is 5.35. The Morgan fingerprint density at radius 1 is 0.250 bits per heavy atom. The molecule has 316 valence electrons. The largest absolute Gasteiger partial charge is 0.309 e. The summed E-state index contributed by atoms with van der Waals surface area (Å²) in [5.74, 6) is 1.79. The second-order valence-electron chi connectivity index (χ2n) is 17.6. The normalized spacial score (nSPS) is 11.8. The first-order chi connectivity index (χ1) is 33.7. The van der Waals surface area contributed by atoms with E-state index in [1.54, 1.807) is 0 Å². The van der Waals surface area contributed by atoms with Crippen molar-refractivity contribution in [1.29, 1.82) is 0 Å². The average molecular weight is 866 g/mol. The fourth-order valence-corrected chi connectivity index (χ4v) is 10.7. The van der Waals surface area contributed by atoms with Gasteiger partial charge in [-0.1, -0.05) is 194 Å². The van der Waals surface area contributed by atoms with Crippen molar-refractivity contribution in [3.8, 4) is 56.7 Å². The van der Waals surface area contributed by atoms with Crippen LogP contribution in [0.15, 0.2) is 237 Å². The van der Waals surface area contributed by atoms with Gasteiger partial charge in [0.05, 0.1) is 22.1 Å².